The molecule has 0 bridgehead atoms. The van der Waals surface area contributed by atoms with E-state index in [1.165, 1.54) is 25.9 Å². The lowest BCUT2D eigenvalue weighted by Gasteiger charge is -2.30. The van der Waals surface area contributed by atoms with Gasteiger partial charge in [-0.3, -0.25) is 0 Å². The van der Waals surface area contributed by atoms with Crippen molar-refractivity contribution in [3.63, 3.8) is 0 Å². The SMILES string of the molecule is CC(C)OC(C)C.CC(C)OC1CCN(C)CC1. The van der Waals surface area contributed by atoms with Crippen molar-refractivity contribution in [3.05, 3.63) is 0 Å². The van der Waals surface area contributed by atoms with Crippen LogP contribution in [-0.4, -0.2) is 49.5 Å². The third kappa shape index (κ3) is 11.0. The average Bonchev–Trinajstić information content (AvgIpc) is 2.19. The maximum atomic E-state index is 5.71. The Hall–Kier alpha value is -0.120. The second-order valence-corrected chi connectivity index (χ2v) is 5.92. The highest BCUT2D eigenvalue weighted by molar-refractivity contribution is 4.70. The van der Waals surface area contributed by atoms with E-state index >= 15 is 0 Å². The van der Waals surface area contributed by atoms with Crippen LogP contribution in [0.25, 0.3) is 0 Å². The van der Waals surface area contributed by atoms with Gasteiger partial charge in [-0.1, -0.05) is 0 Å². The number of piperidine rings is 1. The van der Waals surface area contributed by atoms with Gasteiger partial charge in [-0.2, -0.15) is 0 Å². The molecule has 0 N–H and O–H groups in total. The Morgan fingerprint density at radius 3 is 1.56 bits per heavy atom. The summed E-state index contributed by atoms with van der Waals surface area (Å²) in [7, 11) is 2.17. The summed E-state index contributed by atoms with van der Waals surface area (Å²) < 4.78 is 11.0. The fraction of sp³-hybridized carbons (Fsp3) is 1.00. The largest absolute Gasteiger partial charge is 0.376 e. The van der Waals surface area contributed by atoms with E-state index in [-0.39, 0.29) is 0 Å². The zero-order valence-electron chi connectivity index (χ0n) is 13.4. The summed E-state index contributed by atoms with van der Waals surface area (Å²) in [5.74, 6) is 0. The predicted molar refractivity (Wildman–Crippen MR) is 78.1 cm³/mol. The van der Waals surface area contributed by atoms with Crippen LogP contribution >= 0.6 is 0 Å². The minimum Gasteiger partial charge on any atom is -0.376 e. The highest BCUT2D eigenvalue weighted by Crippen LogP contribution is 2.13. The van der Waals surface area contributed by atoms with E-state index in [0.29, 0.717) is 24.4 Å². The molecule has 1 saturated heterocycles. The van der Waals surface area contributed by atoms with E-state index in [9.17, 15) is 0 Å². The van der Waals surface area contributed by atoms with Crippen molar-refractivity contribution < 1.29 is 9.47 Å². The molecule has 0 amide bonds. The Labute approximate surface area is 114 Å². The van der Waals surface area contributed by atoms with Crippen molar-refractivity contribution in [1.29, 1.82) is 0 Å². The minimum atomic E-state index is 0.375. The normalized spacial score (nSPS) is 18.3. The fourth-order valence-electron chi connectivity index (χ4n) is 2.05. The summed E-state index contributed by atoms with van der Waals surface area (Å²) in [6, 6.07) is 0. The first-order valence-electron chi connectivity index (χ1n) is 7.30. The first-order chi connectivity index (χ1) is 8.31. The molecule has 1 fully saturated rings. The van der Waals surface area contributed by atoms with Gasteiger partial charge >= 0.3 is 0 Å². The van der Waals surface area contributed by atoms with E-state index in [1.54, 1.807) is 0 Å². The standard InChI is InChI=1S/C9H19NO.C6H14O/c1-8(2)11-9-4-6-10(3)7-5-9;1-5(2)7-6(3)4/h8-9H,4-7H2,1-3H3;5-6H,1-4H3. The van der Waals surface area contributed by atoms with Crippen molar-refractivity contribution in [1.82, 2.24) is 4.90 Å². The van der Waals surface area contributed by atoms with Gasteiger partial charge < -0.3 is 14.4 Å². The molecular weight excluding hydrogens is 226 g/mol. The number of hydrogen-bond donors (Lipinski definition) is 0. The summed E-state index contributed by atoms with van der Waals surface area (Å²) in [6.07, 6.45) is 4.07. The highest BCUT2D eigenvalue weighted by Gasteiger charge is 2.17. The number of hydrogen-bond acceptors (Lipinski definition) is 3. The quantitative estimate of drug-likeness (QED) is 0.773. The van der Waals surface area contributed by atoms with Gasteiger partial charge in [-0.15, -0.1) is 0 Å². The molecule has 0 aromatic carbocycles. The first kappa shape index (κ1) is 17.9. The van der Waals surface area contributed by atoms with Crippen LogP contribution in [0.2, 0.25) is 0 Å². The number of rotatable bonds is 4. The lowest BCUT2D eigenvalue weighted by atomic mass is 10.1. The molecule has 0 aromatic heterocycles. The van der Waals surface area contributed by atoms with E-state index in [4.69, 9.17) is 9.47 Å². The minimum absolute atomic E-state index is 0.375. The number of nitrogens with zero attached hydrogens (tertiary/aromatic N) is 1. The zero-order chi connectivity index (χ0) is 14.1. The summed E-state index contributed by atoms with van der Waals surface area (Å²) in [6.45, 7) is 14.8. The van der Waals surface area contributed by atoms with Crippen LogP contribution in [0.1, 0.15) is 54.4 Å². The van der Waals surface area contributed by atoms with Gasteiger partial charge in [-0.25, -0.2) is 0 Å². The van der Waals surface area contributed by atoms with Gasteiger partial charge in [0.1, 0.15) is 0 Å². The van der Waals surface area contributed by atoms with Gasteiger partial charge in [0.05, 0.1) is 24.4 Å². The van der Waals surface area contributed by atoms with Crippen LogP contribution in [0.15, 0.2) is 0 Å². The molecule has 0 aromatic rings. The first-order valence-corrected chi connectivity index (χ1v) is 7.30. The molecule has 0 spiro atoms. The molecule has 0 aliphatic carbocycles. The predicted octanol–water partition coefficient (Wildman–Crippen LogP) is 3.33. The topological polar surface area (TPSA) is 21.7 Å². The van der Waals surface area contributed by atoms with Crippen LogP contribution in [-0.2, 0) is 9.47 Å². The van der Waals surface area contributed by atoms with Crippen molar-refractivity contribution >= 4 is 0 Å². The molecular formula is C15H33NO2. The molecule has 18 heavy (non-hydrogen) atoms. The van der Waals surface area contributed by atoms with Crippen molar-refractivity contribution in [2.45, 2.75) is 78.8 Å². The molecule has 1 aliphatic heterocycles. The van der Waals surface area contributed by atoms with E-state index in [2.05, 4.69) is 25.8 Å². The van der Waals surface area contributed by atoms with Gasteiger partial charge in [-0.05, 0) is 61.4 Å². The van der Waals surface area contributed by atoms with Gasteiger partial charge in [0, 0.05) is 13.1 Å². The molecule has 3 heteroatoms. The monoisotopic (exact) mass is 259 g/mol. The fourth-order valence-corrected chi connectivity index (χ4v) is 2.05. The third-order valence-electron chi connectivity index (χ3n) is 2.67. The molecule has 0 radical (unpaired) electrons. The second kappa shape index (κ2) is 9.76. The Bertz CT molecular complexity index is 179. The van der Waals surface area contributed by atoms with Crippen LogP contribution in [0.3, 0.4) is 0 Å². The summed E-state index contributed by atoms with van der Waals surface area (Å²) in [4.78, 5) is 2.36. The van der Waals surface area contributed by atoms with Crippen molar-refractivity contribution in [2.24, 2.45) is 0 Å². The Morgan fingerprint density at radius 2 is 1.28 bits per heavy atom. The van der Waals surface area contributed by atoms with E-state index < -0.39 is 0 Å². The van der Waals surface area contributed by atoms with Crippen LogP contribution in [0.4, 0.5) is 0 Å². The average molecular weight is 259 g/mol. The van der Waals surface area contributed by atoms with Gasteiger partial charge in [0.25, 0.3) is 0 Å². The molecule has 0 unspecified atom stereocenters. The summed E-state index contributed by atoms with van der Waals surface area (Å²) in [5.41, 5.74) is 0. The van der Waals surface area contributed by atoms with Crippen LogP contribution in [0.5, 0.6) is 0 Å². The Morgan fingerprint density at radius 1 is 0.833 bits per heavy atom. The Balaban J connectivity index is 0.000000360. The Kier molecular flexibility index (Phi) is 9.70. The lowest BCUT2D eigenvalue weighted by Crippen LogP contribution is -2.35. The maximum absolute atomic E-state index is 5.71. The molecule has 110 valence electrons. The molecule has 1 aliphatic rings. The zero-order valence-corrected chi connectivity index (χ0v) is 13.4. The third-order valence-corrected chi connectivity index (χ3v) is 2.67. The number of ether oxygens (including phenoxy) is 2. The van der Waals surface area contributed by atoms with Crippen LogP contribution < -0.4 is 0 Å². The second-order valence-electron chi connectivity index (χ2n) is 5.92. The molecule has 1 heterocycles. The van der Waals surface area contributed by atoms with E-state index in [0.717, 1.165) is 0 Å². The van der Waals surface area contributed by atoms with Gasteiger partial charge in [0.15, 0.2) is 0 Å². The smallest absolute Gasteiger partial charge is 0.0603 e. The maximum Gasteiger partial charge on any atom is 0.0603 e. The van der Waals surface area contributed by atoms with Crippen molar-refractivity contribution in [3.8, 4) is 0 Å². The highest BCUT2D eigenvalue weighted by atomic mass is 16.5. The van der Waals surface area contributed by atoms with Crippen molar-refractivity contribution in [2.75, 3.05) is 20.1 Å². The number of likely N-dealkylation sites (tertiary alicyclic amines) is 1. The summed E-state index contributed by atoms with van der Waals surface area (Å²) >= 11 is 0. The molecule has 3 nitrogen and oxygen atoms in total. The molecule has 0 atom stereocenters. The van der Waals surface area contributed by atoms with Gasteiger partial charge in [0.2, 0.25) is 0 Å². The lowest BCUT2D eigenvalue weighted by molar-refractivity contribution is -0.0232. The molecule has 0 saturated carbocycles. The molecule has 1 rings (SSSR count). The van der Waals surface area contributed by atoms with Crippen LogP contribution in [0, 0.1) is 0 Å². The summed E-state index contributed by atoms with van der Waals surface area (Å²) in [5, 5.41) is 0. The van der Waals surface area contributed by atoms with E-state index in [1.807, 2.05) is 27.7 Å².